The third-order valence-electron chi connectivity index (χ3n) is 3.59. The van der Waals surface area contributed by atoms with Crippen LogP contribution < -0.4 is 5.73 Å². The van der Waals surface area contributed by atoms with Crippen molar-refractivity contribution in [2.45, 2.75) is 33.1 Å². The lowest BCUT2D eigenvalue weighted by Crippen LogP contribution is -2.15. The minimum atomic E-state index is -0.672. The van der Waals surface area contributed by atoms with Crippen LogP contribution in [0.15, 0.2) is 24.3 Å². The highest BCUT2D eigenvalue weighted by molar-refractivity contribution is 5.92. The van der Waals surface area contributed by atoms with Gasteiger partial charge < -0.3 is 5.73 Å². The van der Waals surface area contributed by atoms with Gasteiger partial charge in [-0.2, -0.15) is 0 Å². The molecule has 1 aromatic carbocycles. The van der Waals surface area contributed by atoms with Crippen molar-refractivity contribution in [3.05, 3.63) is 52.9 Å². The Hall–Kier alpha value is -2.30. The molecule has 22 heavy (non-hydrogen) atoms. The molecule has 5 heteroatoms. The van der Waals surface area contributed by atoms with E-state index in [1.807, 2.05) is 0 Å². The molecule has 1 heterocycles. The van der Waals surface area contributed by atoms with E-state index in [9.17, 15) is 13.6 Å². The van der Waals surface area contributed by atoms with E-state index in [-0.39, 0.29) is 11.3 Å². The highest BCUT2D eigenvalue weighted by atomic mass is 19.1. The Bertz CT molecular complexity index is 714. The molecule has 0 aliphatic heterocycles. The first-order chi connectivity index (χ1) is 10.4. The number of pyridine rings is 1. The maximum atomic E-state index is 14.1. The topological polar surface area (TPSA) is 56.0 Å². The lowest BCUT2D eigenvalue weighted by molar-refractivity contribution is 0.0995. The van der Waals surface area contributed by atoms with Crippen molar-refractivity contribution in [2.24, 2.45) is 5.73 Å². The summed E-state index contributed by atoms with van der Waals surface area (Å²) in [5, 5.41) is 0. The van der Waals surface area contributed by atoms with Gasteiger partial charge in [-0.1, -0.05) is 13.3 Å². The number of aryl methyl sites for hydroxylation is 1. The zero-order chi connectivity index (χ0) is 16.3. The van der Waals surface area contributed by atoms with Gasteiger partial charge in [0.25, 0.3) is 5.91 Å². The van der Waals surface area contributed by atoms with E-state index in [2.05, 4.69) is 11.9 Å². The number of nitrogens with zero attached hydrogens (tertiary/aromatic N) is 1. The number of rotatable bonds is 5. The molecule has 0 radical (unpaired) electrons. The monoisotopic (exact) mass is 304 g/mol. The molecule has 0 saturated carbocycles. The summed E-state index contributed by atoms with van der Waals surface area (Å²) in [4.78, 5) is 15.6. The molecule has 3 nitrogen and oxygen atoms in total. The summed E-state index contributed by atoms with van der Waals surface area (Å²) in [5.41, 5.74) is 7.67. The Morgan fingerprint density at radius 3 is 2.55 bits per heavy atom. The largest absolute Gasteiger partial charge is 0.364 e. The van der Waals surface area contributed by atoms with Crippen LogP contribution in [0.1, 0.15) is 41.5 Å². The molecule has 116 valence electrons. The maximum Gasteiger partial charge on any atom is 0.267 e. The van der Waals surface area contributed by atoms with Crippen LogP contribution in [0.2, 0.25) is 0 Å². The molecule has 0 atom stereocenters. The van der Waals surface area contributed by atoms with Crippen molar-refractivity contribution in [3.63, 3.8) is 0 Å². The number of amides is 1. The van der Waals surface area contributed by atoms with E-state index in [0.717, 1.165) is 24.5 Å². The van der Waals surface area contributed by atoms with Crippen molar-refractivity contribution in [1.29, 1.82) is 0 Å². The number of primary amides is 1. The number of carbonyl (C=O) groups excluding carboxylic acids is 1. The van der Waals surface area contributed by atoms with Crippen LogP contribution in [0.25, 0.3) is 11.1 Å². The van der Waals surface area contributed by atoms with Crippen molar-refractivity contribution in [2.75, 3.05) is 0 Å². The summed E-state index contributed by atoms with van der Waals surface area (Å²) < 4.78 is 27.3. The predicted molar refractivity (Wildman–Crippen MR) is 81.5 cm³/mol. The number of carbonyl (C=O) groups is 1. The van der Waals surface area contributed by atoms with Crippen molar-refractivity contribution >= 4 is 5.91 Å². The van der Waals surface area contributed by atoms with Crippen molar-refractivity contribution < 1.29 is 13.6 Å². The van der Waals surface area contributed by atoms with Crippen LogP contribution in [0, 0.1) is 18.6 Å². The number of benzene rings is 1. The van der Waals surface area contributed by atoms with Crippen molar-refractivity contribution in [3.8, 4) is 11.1 Å². The van der Waals surface area contributed by atoms with Gasteiger partial charge in [-0.15, -0.1) is 0 Å². The Balaban J connectivity index is 2.66. The fourth-order valence-corrected chi connectivity index (χ4v) is 2.44. The molecule has 2 aromatic rings. The van der Waals surface area contributed by atoms with Gasteiger partial charge in [-0.05, 0) is 49.1 Å². The number of hydrogen-bond acceptors (Lipinski definition) is 2. The zero-order valence-electron chi connectivity index (χ0n) is 12.6. The van der Waals surface area contributed by atoms with Gasteiger partial charge in [0.1, 0.15) is 17.3 Å². The summed E-state index contributed by atoms with van der Waals surface area (Å²) in [6.45, 7) is 3.82. The summed E-state index contributed by atoms with van der Waals surface area (Å²) in [7, 11) is 0. The minimum absolute atomic E-state index is 0.0801. The standard InChI is InChI=1S/C17H18F2N2O/c1-3-4-5-12-10(2)21-16(17(20)22)9-14(12)13-7-6-11(18)8-15(13)19/h6-9H,3-5H2,1-2H3,(H2,20,22). The lowest BCUT2D eigenvalue weighted by atomic mass is 9.94. The normalized spacial score (nSPS) is 10.7. The summed E-state index contributed by atoms with van der Waals surface area (Å²) in [6, 6.07) is 4.89. The summed E-state index contributed by atoms with van der Waals surface area (Å²) >= 11 is 0. The number of unbranched alkanes of at least 4 members (excludes halogenated alkanes) is 1. The van der Waals surface area contributed by atoms with Crippen LogP contribution in [0.4, 0.5) is 8.78 Å². The van der Waals surface area contributed by atoms with Gasteiger partial charge in [0.05, 0.1) is 0 Å². The van der Waals surface area contributed by atoms with E-state index < -0.39 is 17.5 Å². The Labute approximate surface area is 128 Å². The molecule has 2 N–H and O–H groups in total. The van der Waals surface area contributed by atoms with Crippen LogP contribution in [-0.4, -0.2) is 10.9 Å². The Morgan fingerprint density at radius 1 is 1.23 bits per heavy atom. The Kier molecular flexibility index (Phi) is 4.85. The summed E-state index contributed by atoms with van der Waals surface area (Å²) in [5.74, 6) is -1.98. The van der Waals surface area contributed by atoms with Crippen LogP contribution >= 0.6 is 0 Å². The molecule has 0 bridgehead atoms. The van der Waals surface area contributed by atoms with E-state index in [1.54, 1.807) is 6.92 Å². The van der Waals surface area contributed by atoms with Gasteiger partial charge in [0.2, 0.25) is 0 Å². The predicted octanol–water partition coefficient (Wildman–Crippen LogP) is 3.78. The first-order valence-corrected chi connectivity index (χ1v) is 7.19. The van der Waals surface area contributed by atoms with E-state index in [4.69, 9.17) is 5.73 Å². The second-order valence-corrected chi connectivity index (χ2v) is 5.21. The fraction of sp³-hybridized carbons (Fsp3) is 0.294. The van der Waals surface area contributed by atoms with Crippen LogP contribution in [-0.2, 0) is 6.42 Å². The third kappa shape index (κ3) is 3.30. The third-order valence-corrected chi connectivity index (χ3v) is 3.59. The van der Waals surface area contributed by atoms with Gasteiger partial charge in [-0.3, -0.25) is 4.79 Å². The smallest absolute Gasteiger partial charge is 0.267 e. The van der Waals surface area contributed by atoms with Gasteiger partial charge in [0.15, 0.2) is 0 Å². The minimum Gasteiger partial charge on any atom is -0.364 e. The van der Waals surface area contributed by atoms with E-state index in [0.29, 0.717) is 17.7 Å². The molecule has 2 rings (SSSR count). The average molecular weight is 304 g/mol. The molecule has 0 aliphatic rings. The average Bonchev–Trinajstić information content (AvgIpc) is 2.45. The molecule has 0 fully saturated rings. The molecule has 0 spiro atoms. The fourth-order valence-electron chi connectivity index (χ4n) is 2.44. The van der Waals surface area contributed by atoms with E-state index >= 15 is 0 Å². The second kappa shape index (κ2) is 6.64. The highest BCUT2D eigenvalue weighted by Crippen LogP contribution is 2.30. The van der Waals surface area contributed by atoms with E-state index in [1.165, 1.54) is 18.2 Å². The quantitative estimate of drug-likeness (QED) is 0.914. The number of nitrogens with two attached hydrogens (primary N) is 1. The molecule has 0 unspecified atom stereocenters. The maximum absolute atomic E-state index is 14.1. The second-order valence-electron chi connectivity index (χ2n) is 5.21. The zero-order valence-corrected chi connectivity index (χ0v) is 12.6. The van der Waals surface area contributed by atoms with Gasteiger partial charge in [0, 0.05) is 17.3 Å². The van der Waals surface area contributed by atoms with Gasteiger partial charge in [-0.25, -0.2) is 13.8 Å². The number of halogens is 2. The Morgan fingerprint density at radius 2 is 1.95 bits per heavy atom. The highest BCUT2D eigenvalue weighted by Gasteiger charge is 2.16. The first kappa shape index (κ1) is 16.1. The molecule has 1 aromatic heterocycles. The molecule has 1 amide bonds. The SMILES string of the molecule is CCCCc1c(-c2ccc(F)cc2F)cc(C(N)=O)nc1C. The molecule has 0 aliphatic carbocycles. The first-order valence-electron chi connectivity index (χ1n) is 7.19. The number of aromatic nitrogens is 1. The van der Waals surface area contributed by atoms with Gasteiger partial charge >= 0.3 is 0 Å². The summed E-state index contributed by atoms with van der Waals surface area (Å²) in [6.07, 6.45) is 2.59. The lowest BCUT2D eigenvalue weighted by Gasteiger charge is -2.14. The van der Waals surface area contributed by atoms with Crippen LogP contribution in [0.5, 0.6) is 0 Å². The van der Waals surface area contributed by atoms with Crippen molar-refractivity contribution in [1.82, 2.24) is 4.98 Å². The molecular weight excluding hydrogens is 286 g/mol. The molecule has 0 saturated heterocycles. The molecular formula is C17H18F2N2O. The number of hydrogen-bond donors (Lipinski definition) is 1. The van der Waals surface area contributed by atoms with Crippen LogP contribution in [0.3, 0.4) is 0 Å².